The molecule has 0 atom stereocenters. The molecule has 0 heterocycles. The van der Waals surface area contributed by atoms with Gasteiger partial charge in [0.15, 0.2) is 0 Å². The quantitative estimate of drug-likeness (QED) is 0.634. The lowest BCUT2D eigenvalue weighted by atomic mass is 10.1. The molecule has 1 aromatic rings. The Labute approximate surface area is 97.6 Å². The van der Waals surface area contributed by atoms with Gasteiger partial charge in [0.25, 0.3) is 0 Å². The molecule has 0 bridgehead atoms. The molecule has 0 aliphatic rings. The number of amides is 1. The number of para-hydroxylation sites is 1. The Morgan fingerprint density at radius 2 is 2.13 bits per heavy atom. The van der Waals surface area contributed by atoms with Crippen LogP contribution in [0.15, 0.2) is 24.3 Å². The summed E-state index contributed by atoms with van der Waals surface area (Å²) in [5.41, 5.74) is 0.661. The molecular formula is C11H14BrNO2. The average Bonchev–Trinajstić information content (AvgIpc) is 2.22. The summed E-state index contributed by atoms with van der Waals surface area (Å²) in [7, 11) is 0. The highest BCUT2D eigenvalue weighted by atomic mass is 79.9. The molecule has 1 rings (SSSR count). The Balaban J connectivity index is 2.41. The van der Waals surface area contributed by atoms with E-state index in [1.807, 2.05) is 0 Å². The Kier molecular flexibility index (Phi) is 5.18. The number of halogens is 1. The predicted octanol–water partition coefficient (Wildman–Crippen LogP) is 1.84. The van der Waals surface area contributed by atoms with Crippen molar-refractivity contribution in [2.45, 2.75) is 12.8 Å². The predicted molar refractivity (Wildman–Crippen MR) is 63.2 cm³/mol. The number of hydrogen-bond acceptors (Lipinski definition) is 2. The lowest BCUT2D eigenvalue weighted by Crippen LogP contribution is -2.26. The van der Waals surface area contributed by atoms with Crippen molar-refractivity contribution in [3.05, 3.63) is 29.8 Å². The molecule has 3 nitrogen and oxygen atoms in total. The summed E-state index contributed by atoms with van der Waals surface area (Å²) in [6, 6.07) is 6.88. The number of carbonyl (C=O) groups is 1. The van der Waals surface area contributed by atoms with Crippen molar-refractivity contribution in [2.75, 3.05) is 11.9 Å². The molecule has 0 radical (unpaired) electrons. The van der Waals surface area contributed by atoms with Crippen LogP contribution in [0.5, 0.6) is 5.75 Å². The van der Waals surface area contributed by atoms with E-state index >= 15 is 0 Å². The number of phenols is 1. The summed E-state index contributed by atoms with van der Waals surface area (Å²) < 4.78 is 0. The minimum atomic E-state index is -0.0579. The Hall–Kier alpha value is -1.03. The van der Waals surface area contributed by atoms with Crippen LogP contribution in [0.1, 0.15) is 12.0 Å². The smallest absolute Gasteiger partial charge is 0.224 e. The van der Waals surface area contributed by atoms with E-state index in [1.54, 1.807) is 24.3 Å². The van der Waals surface area contributed by atoms with Crippen LogP contribution >= 0.6 is 15.9 Å². The van der Waals surface area contributed by atoms with Crippen molar-refractivity contribution in [1.82, 2.24) is 5.32 Å². The second kappa shape index (κ2) is 6.45. The molecule has 1 aromatic carbocycles. The average molecular weight is 272 g/mol. The molecule has 4 heteroatoms. The topological polar surface area (TPSA) is 49.3 Å². The number of alkyl halides is 1. The van der Waals surface area contributed by atoms with Crippen LogP contribution in [-0.2, 0) is 11.2 Å². The van der Waals surface area contributed by atoms with Gasteiger partial charge in [0, 0.05) is 17.4 Å². The SMILES string of the molecule is O=C(Cc1ccccc1O)NCCCBr. The Bertz CT molecular complexity index is 328. The van der Waals surface area contributed by atoms with E-state index in [0.29, 0.717) is 12.1 Å². The first-order valence-corrected chi connectivity index (χ1v) is 5.95. The second-order valence-corrected chi connectivity index (χ2v) is 3.99. The van der Waals surface area contributed by atoms with E-state index in [4.69, 9.17) is 0 Å². The van der Waals surface area contributed by atoms with Gasteiger partial charge in [-0.15, -0.1) is 0 Å². The summed E-state index contributed by atoms with van der Waals surface area (Å²) in [6.45, 7) is 0.664. The highest BCUT2D eigenvalue weighted by molar-refractivity contribution is 9.09. The molecular weight excluding hydrogens is 258 g/mol. The van der Waals surface area contributed by atoms with Crippen molar-refractivity contribution in [2.24, 2.45) is 0 Å². The third kappa shape index (κ3) is 4.34. The maximum absolute atomic E-state index is 11.4. The van der Waals surface area contributed by atoms with E-state index in [9.17, 15) is 9.90 Å². The van der Waals surface area contributed by atoms with Gasteiger partial charge in [-0.05, 0) is 12.5 Å². The molecule has 0 fully saturated rings. The van der Waals surface area contributed by atoms with E-state index in [2.05, 4.69) is 21.2 Å². The van der Waals surface area contributed by atoms with Gasteiger partial charge in [0.05, 0.1) is 6.42 Å². The molecule has 0 unspecified atom stereocenters. The molecule has 82 valence electrons. The van der Waals surface area contributed by atoms with Crippen molar-refractivity contribution < 1.29 is 9.90 Å². The summed E-state index contributed by atoms with van der Waals surface area (Å²) in [5, 5.41) is 13.1. The third-order valence-corrected chi connectivity index (χ3v) is 2.54. The van der Waals surface area contributed by atoms with Crippen molar-refractivity contribution in [3.63, 3.8) is 0 Å². The maximum Gasteiger partial charge on any atom is 0.224 e. The third-order valence-electron chi connectivity index (χ3n) is 1.98. The lowest BCUT2D eigenvalue weighted by molar-refractivity contribution is -0.120. The fourth-order valence-corrected chi connectivity index (χ4v) is 1.47. The van der Waals surface area contributed by atoms with Crippen LogP contribution in [0.2, 0.25) is 0 Å². The summed E-state index contributed by atoms with van der Waals surface area (Å²) in [5.74, 6) is 0.116. The van der Waals surface area contributed by atoms with Crippen LogP contribution in [0.25, 0.3) is 0 Å². The summed E-state index contributed by atoms with van der Waals surface area (Å²) in [6.07, 6.45) is 1.14. The highest BCUT2D eigenvalue weighted by Gasteiger charge is 2.05. The largest absolute Gasteiger partial charge is 0.508 e. The fraction of sp³-hybridized carbons (Fsp3) is 0.364. The summed E-state index contributed by atoms with van der Waals surface area (Å²) in [4.78, 5) is 11.4. The molecule has 1 amide bonds. The van der Waals surface area contributed by atoms with Gasteiger partial charge in [0.1, 0.15) is 5.75 Å². The van der Waals surface area contributed by atoms with Crippen LogP contribution in [0.4, 0.5) is 0 Å². The fourth-order valence-electron chi connectivity index (χ4n) is 1.19. The number of nitrogens with one attached hydrogen (secondary N) is 1. The number of carbonyl (C=O) groups excluding carboxylic acids is 1. The van der Waals surface area contributed by atoms with Gasteiger partial charge >= 0.3 is 0 Å². The van der Waals surface area contributed by atoms with Gasteiger partial charge in [0.2, 0.25) is 5.91 Å². The van der Waals surface area contributed by atoms with Gasteiger partial charge < -0.3 is 10.4 Å². The number of rotatable bonds is 5. The van der Waals surface area contributed by atoms with Gasteiger partial charge in [-0.25, -0.2) is 0 Å². The Morgan fingerprint density at radius 1 is 1.40 bits per heavy atom. The molecule has 0 spiro atoms. The molecule has 0 aliphatic heterocycles. The van der Waals surface area contributed by atoms with Crippen molar-refractivity contribution in [1.29, 1.82) is 0 Å². The lowest BCUT2D eigenvalue weighted by Gasteiger charge is -2.05. The number of hydrogen-bond donors (Lipinski definition) is 2. The summed E-state index contributed by atoms with van der Waals surface area (Å²) >= 11 is 3.29. The molecule has 0 saturated heterocycles. The standard InChI is InChI=1S/C11H14BrNO2/c12-6-3-7-13-11(15)8-9-4-1-2-5-10(9)14/h1-2,4-5,14H,3,6-8H2,(H,13,15). The minimum absolute atomic E-state index is 0.0579. The van der Waals surface area contributed by atoms with Crippen molar-refractivity contribution >= 4 is 21.8 Å². The van der Waals surface area contributed by atoms with E-state index in [0.717, 1.165) is 11.8 Å². The second-order valence-electron chi connectivity index (χ2n) is 3.20. The van der Waals surface area contributed by atoms with E-state index in [1.165, 1.54) is 0 Å². The normalized spacial score (nSPS) is 9.93. The monoisotopic (exact) mass is 271 g/mol. The van der Waals surface area contributed by atoms with Gasteiger partial charge in [-0.1, -0.05) is 34.1 Å². The van der Waals surface area contributed by atoms with Gasteiger partial charge in [-0.2, -0.15) is 0 Å². The molecule has 0 saturated carbocycles. The van der Waals surface area contributed by atoms with Crippen molar-refractivity contribution in [3.8, 4) is 5.75 Å². The molecule has 15 heavy (non-hydrogen) atoms. The maximum atomic E-state index is 11.4. The molecule has 2 N–H and O–H groups in total. The van der Waals surface area contributed by atoms with Crippen LogP contribution in [-0.4, -0.2) is 22.9 Å². The zero-order valence-electron chi connectivity index (χ0n) is 8.37. The first-order valence-electron chi connectivity index (χ1n) is 4.83. The van der Waals surface area contributed by atoms with Crippen LogP contribution in [0, 0.1) is 0 Å². The van der Waals surface area contributed by atoms with Gasteiger partial charge in [-0.3, -0.25) is 4.79 Å². The minimum Gasteiger partial charge on any atom is -0.508 e. The van der Waals surface area contributed by atoms with Crippen LogP contribution in [0.3, 0.4) is 0 Å². The first kappa shape index (κ1) is 12.0. The number of benzene rings is 1. The molecule has 0 aliphatic carbocycles. The number of aromatic hydroxyl groups is 1. The van der Waals surface area contributed by atoms with E-state index < -0.39 is 0 Å². The molecule has 0 aromatic heterocycles. The first-order chi connectivity index (χ1) is 7.24. The Morgan fingerprint density at radius 3 is 2.80 bits per heavy atom. The number of phenolic OH excluding ortho intramolecular Hbond substituents is 1. The zero-order valence-corrected chi connectivity index (χ0v) is 9.96. The van der Waals surface area contributed by atoms with Crippen LogP contribution < -0.4 is 5.32 Å². The highest BCUT2D eigenvalue weighted by Crippen LogP contribution is 2.15. The van der Waals surface area contributed by atoms with E-state index in [-0.39, 0.29) is 18.1 Å². The zero-order chi connectivity index (χ0) is 11.1.